The summed E-state index contributed by atoms with van der Waals surface area (Å²) in [6.45, 7) is 0. The number of aliphatic hydroxyl groups excluding tert-OH is 1. The molecule has 0 radical (unpaired) electrons. The maximum atomic E-state index is 13.2. The lowest BCUT2D eigenvalue weighted by molar-refractivity contribution is -0.384. The Hall–Kier alpha value is -5.05. The number of aromatic carboxylic acids is 1. The standard InChI is InChI=1S/C26H18N2O7/c29-21(14-9-16-5-2-1-3-6-16)22-23(17-10-12-19(13-11-17)28(34)35)27(25(31)24(22)30)20-8-4-7-18(15-20)26(32)33/h1-15,23,30H,(H,32,33)/t23-/m0/s1. The number of hydrogen-bond donors (Lipinski definition) is 2. The van der Waals surface area contributed by atoms with Crippen LogP contribution in [0.15, 0.2) is 96.3 Å². The molecule has 0 aliphatic carbocycles. The topological polar surface area (TPSA) is 138 Å². The molecule has 2 N–H and O–H groups in total. The number of carboxylic acid groups (broad SMARTS) is 1. The zero-order valence-electron chi connectivity index (χ0n) is 18.1. The molecule has 0 unspecified atom stereocenters. The molecule has 0 bridgehead atoms. The first-order chi connectivity index (χ1) is 16.8. The fourth-order valence-electron chi connectivity index (χ4n) is 3.83. The number of anilines is 1. The lowest BCUT2D eigenvalue weighted by Gasteiger charge is -2.27. The number of aliphatic hydroxyl groups is 1. The van der Waals surface area contributed by atoms with Crippen molar-refractivity contribution in [2.45, 2.75) is 6.04 Å². The SMILES string of the molecule is O=C(C=Cc1ccccc1)C1=C(O)C(=O)N(c2cccc(C(=O)O)c2)[C@H]1c1ccc([N+](=O)[O-])cc1. The predicted molar refractivity (Wildman–Crippen MR) is 127 cm³/mol. The second kappa shape index (κ2) is 9.44. The number of allylic oxidation sites excluding steroid dienone is 1. The van der Waals surface area contributed by atoms with E-state index in [-0.39, 0.29) is 22.5 Å². The summed E-state index contributed by atoms with van der Waals surface area (Å²) < 4.78 is 0. The summed E-state index contributed by atoms with van der Waals surface area (Å²) in [7, 11) is 0. The van der Waals surface area contributed by atoms with Crippen LogP contribution in [0.25, 0.3) is 6.08 Å². The van der Waals surface area contributed by atoms with Gasteiger partial charge in [-0.3, -0.25) is 24.6 Å². The first-order valence-electron chi connectivity index (χ1n) is 10.4. The van der Waals surface area contributed by atoms with Crippen LogP contribution in [-0.4, -0.2) is 32.8 Å². The smallest absolute Gasteiger partial charge is 0.335 e. The third-order valence-corrected chi connectivity index (χ3v) is 5.49. The molecule has 9 nitrogen and oxygen atoms in total. The highest BCUT2D eigenvalue weighted by Gasteiger charge is 2.44. The Morgan fingerprint density at radius 1 is 0.971 bits per heavy atom. The predicted octanol–water partition coefficient (Wildman–Crippen LogP) is 4.48. The molecule has 0 aromatic heterocycles. The molecule has 4 rings (SSSR count). The maximum Gasteiger partial charge on any atom is 0.335 e. The Morgan fingerprint density at radius 2 is 1.66 bits per heavy atom. The number of nitro groups is 1. The number of benzene rings is 3. The van der Waals surface area contributed by atoms with Gasteiger partial charge in [0.05, 0.1) is 22.1 Å². The van der Waals surface area contributed by atoms with Crippen molar-refractivity contribution in [3.05, 3.63) is 123 Å². The second-order valence-electron chi connectivity index (χ2n) is 7.65. The third-order valence-electron chi connectivity index (χ3n) is 5.49. The Balaban J connectivity index is 1.82. The van der Waals surface area contributed by atoms with E-state index < -0.39 is 34.4 Å². The van der Waals surface area contributed by atoms with Crippen LogP contribution in [0.5, 0.6) is 0 Å². The minimum Gasteiger partial charge on any atom is -0.503 e. The highest BCUT2D eigenvalue weighted by atomic mass is 16.6. The number of carbonyl (C=O) groups excluding carboxylic acids is 2. The van der Waals surface area contributed by atoms with Crippen molar-refractivity contribution in [2.75, 3.05) is 4.90 Å². The number of nitro benzene ring substituents is 1. The minimum absolute atomic E-state index is 0.0963. The van der Waals surface area contributed by atoms with E-state index >= 15 is 0 Å². The second-order valence-corrected chi connectivity index (χ2v) is 7.65. The lowest BCUT2D eigenvalue weighted by atomic mass is 9.95. The molecule has 0 spiro atoms. The third kappa shape index (κ3) is 4.55. The normalized spacial score (nSPS) is 15.6. The number of rotatable bonds is 7. The molecule has 1 aliphatic rings. The molecule has 1 amide bonds. The molecule has 1 aliphatic heterocycles. The van der Waals surface area contributed by atoms with Crippen molar-refractivity contribution in [1.29, 1.82) is 0 Å². The number of non-ortho nitro benzene ring substituents is 1. The highest BCUT2D eigenvalue weighted by molar-refractivity contribution is 6.20. The van der Waals surface area contributed by atoms with Crippen LogP contribution in [-0.2, 0) is 9.59 Å². The summed E-state index contributed by atoms with van der Waals surface area (Å²) in [6, 6.07) is 18.5. The Morgan fingerprint density at radius 3 is 2.29 bits per heavy atom. The first-order valence-corrected chi connectivity index (χ1v) is 10.4. The summed E-state index contributed by atoms with van der Waals surface area (Å²) in [5.41, 5.74) is 0.674. The molecular formula is C26H18N2O7. The molecule has 174 valence electrons. The van der Waals surface area contributed by atoms with Crippen molar-refractivity contribution in [2.24, 2.45) is 0 Å². The average molecular weight is 470 g/mol. The Labute approximate surface area is 199 Å². The number of carboxylic acids is 1. The van der Waals surface area contributed by atoms with Crippen LogP contribution >= 0.6 is 0 Å². The number of amides is 1. The molecule has 35 heavy (non-hydrogen) atoms. The van der Waals surface area contributed by atoms with Gasteiger partial charge in [-0.2, -0.15) is 0 Å². The van der Waals surface area contributed by atoms with Gasteiger partial charge in [-0.15, -0.1) is 0 Å². The molecular weight excluding hydrogens is 452 g/mol. The van der Waals surface area contributed by atoms with Crippen molar-refractivity contribution in [3.63, 3.8) is 0 Å². The fourth-order valence-corrected chi connectivity index (χ4v) is 3.83. The van der Waals surface area contributed by atoms with E-state index in [1.807, 2.05) is 6.07 Å². The summed E-state index contributed by atoms with van der Waals surface area (Å²) in [5, 5.41) is 31.2. The van der Waals surface area contributed by atoms with Gasteiger partial charge in [-0.1, -0.05) is 42.5 Å². The molecule has 3 aromatic carbocycles. The molecule has 1 heterocycles. The molecule has 0 saturated heterocycles. The molecule has 0 saturated carbocycles. The summed E-state index contributed by atoms with van der Waals surface area (Å²) in [5.74, 6) is -3.53. The zero-order chi connectivity index (χ0) is 25.1. The largest absolute Gasteiger partial charge is 0.503 e. The van der Waals surface area contributed by atoms with Gasteiger partial charge in [0.25, 0.3) is 11.6 Å². The molecule has 1 atom stereocenters. The van der Waals surface area contributed by atoms with Crippen LogP contribution in [0.2, 0.25) is 0 Å². The number of hydrogen-bond acceptors (Lipinski definition) is 6. The van der Waals surface area contributed by atoms with Crippen LogP contribution in [0.4, 0.5) is 11.4 Å². The van der Waals surface area contributed by atoms with Gasteiger partial charge in [0.2, 0.25) is 0 Å². The number of carbonyl (C=O) groups is 3. The van der Waals surface area contributed by atoms with E-state index in [4.69, 9.17) is 0 Å². The van der Waals surface area contributed by atoms with Crippen molar-refractivity contribution in [1.82, 2.24) is 0 Å². The Bertz CT molecular complexity index is 1390. The minimum atomic E-state index is -1.22. The van der Waals surface area contributed by atoms with Gasteiger partial charge < -0.3 is 10.2 Å². The van der Waals surface area contributed by atoms with E-state index in [1.165, 1.54) is 60.7 Å². The van der Waals surface area contributed by atoms with Crippen LogP contribution in [0, 0.1) is 10.1 Å². The highest BCUT2D eigenvalue weighted by Crippen LogP contribution is 2.41. The molecule has 0 fully saturated rings. The van der Waals surface area contributed by atoms with E-state index in [2.05, 4.69) is 0 Å². The van der Waals surface area contributed by atoms with E-state index in [0.717, 1.165) is 10.5 Å². The molecule has 3 aromatic rings. The van der Waals surface area contributed by atoms with Gasteiger partial charge in [0.1, 0.15) is 0 Å². The van der Waals surface area contributed by atoms with Crippen LogP contribution in [0.1, 0.15) is 27.5 Å². The summed E-state index contributed by atoms with van der Waals surface area (Å²) in [6.07, 6.45) is 2.76. The average Bonchev–Trinajstić information content (AvgIpc) is 3.13. The quantitative estimate of drug-likeness (QED) is 0.295. The van der Waals surface area contributed by atoms with Gasteiger partial charge in [0, 0.05) is 17.8 Å². The van der Waals surface area contributed by atoms with Gasteiger partial charge in [-0.05, 0) is 47.5 Å². The van der Waals surface area contributed by atoms with Gasteiger partial charge in [-0.25, -0.2) is 4.79 Å². The maximum absolute atomic E-state index is 13.2. The van der Waals surface area contributed by atoms with Crippen molar-refractivity contribution in [3.8, 4) is 0 Å². The fraction of sp³-hybridized carbons (Fsp3) is 0.0385. The summed E-state index contributed by atoms with van der Waals surface area (Å²) >= 11 is 0. The molecule has 9 heteroatoms. The van der Waals surface area contributed by atoms with Crippen LogP contribution in [0.3, 0.4) is 0 Å². The van der Waals surface area contributed by atoms with E-state index in [1.54, 1.807) is 24.3 Å². The number of nitrogens with zero attached hydrogens (tertiary/aromatic N) is 2. The van der Waals surface area contributed by atoms with Gasteiger partial charge >= 0.3 is 5.97 Å². The van der Waals surface area contributed by atoms with Crippen LogP contribution < -0.4 is 4.90 Å². The van der Waals surface area contributed by atoms with Crippen molar-refractivity contribution >= 4 is 35.1 Å². The van der Waals surface area contributed by atoms with E-state index in [0.29, 0.717) is 5.56 Å². The van der Waals surface area contributed by atoms with Gasteiger partial charge in [0.15, 0.2) is 11.5 Å². The monoisotopic (exact) mass is 470 g/mol. The van der Waals surface area contributed by atoms with E-state index in [9.17, 15) is 34.7 Å². The lowest BCUT2D eigenvalue weighted by Crippen LogP contribution is -2.31. The number of ketones is 1. The van der Waals surface area contributed by atoms with Crippen molar-refractivity contribution < 1.29 is 29.5 Å². The zero-order valence-corrected chi connectivity index (χ0v) is 18.1. The summed E-state index contributed by atoms with van der Waals surface area (Å²) in [4.78, 5) is 49.4. The first kappa shape index (κ1) is 23.1. The Kier molecular flexibility index (Phi) is 6.23.